The molecule has 0 saturated heterocycles. The molecule has 0 aliphatic heterocycles. The maximum atomic E-state index is 12.6. The van der Waals surface area contributed by atoms with Crippen molar-refractivity contribution in [2.75, 3.05) is 12.4 Å². The zero-order valence-corrected chi connectivity index (χ0v) is 18.2. The van der Waals surface area contributed by atoms with Crippen molar-refractivity contribution in [2.45, 2.75) is 6.92 Å². The highest BCUT2D eigenvalue weighted by atomic mass is 35.5. The molecular formula is C19H14Cl4N4O2. The Bertz CT molecular complexity index is 1060. The number of aromatic nitrogens is 1. The van der Waals surface area contributed by atoms with Gasteiger partial charge in [0.1, 0.15) is 11.4 Å². The summed E-state index contributed by atoms with van der Waals surface area (Å²) in [5.74, 6) is 0.385. The van der Waals surface area contributed by atoms with Gasteiger partial charge < -0.3 is 9.84 Å². The number of aryl methyl sites for hydroxylation is 1. The molecule has 0 unspecified atom stereocenters. The first kappa shape index (κ1) is 21.5. The Kier molecular flexibility index (Phi) is 6.70. The molecule has 1 heterocycles. The third kappa shape index (κ3) is 4.67. The molecule has 2 amide bonds. The largest absolute Gasteiger partial charge is 0.359 e. The summed E-state index contributed by atoms with van der Waals surface area (Å²) in [4.78, 5) is 12.6. The quantitative estimate of drug-likeness (QED) is 0.337. The number of hydrazone groups is 1. The van der Waals surface area contributed by atoms with E-state index in [1.807, 2.05) is 0 Å². The molecule has 0 spiro atoms. The summed E-state index contributed by atoms with van der Waals surface area (Å²) in [7, 11) is 1.47. The SMILES string of the molecule is Cc1onc(-c2c(Cl)cccc2Cl)c1NC(=O)N(C)/N=C\c1c(Cl)cccc1Cl. The Balaban J connectivity index is 1.85. The van der Waals surface area contributed by atoms with Crippen LogP contribution in [0.25, 0.3) is 11.3 Å². The summed E-state index contributed by atoms with van der Waals surface area (Å²) in [6.45, 7) is 1.66. The van der Waals surface area contributed by atoms with Gasteiger partial charge in [-0.25, -0.2) is 9.80 Å². The van der Waals surface area contributed by atoms with E-state index in [-0.39, 0.29) is 0 Å². The molecule has 0 radical (unpaired) electrons. The van der Waals surface area contributed by atoms with Gasteiger partial charge in [-0.15, -0.1) is 0 Å². The molecule has 10 heteroatoms. The summed E-state index contributed by atoms with van der Waals surface area (Å²) < 4.78 is 5.23. The van der Waals surface area contributed by atoms with E-state index in [0.717, 1.165) is 5.01 Å². The van der Waals surface area contributed by atoms with Gasteiger partial charge in [0, 0.05) is 18.2 Å². The minimum atomic E-state index is -0.542. The topological polar surface area (TPSA) is 70.7 Å². The Hall–Kier alpha value is -2.25. The highest BCUT2D eigenvalue weighted by Crippen LogP contribution is 2.39. The first-order valence-corrected chi connectivity index (χ1v) is 9.74. The van der Waals surface area contributed by atoms with Gasteiger partial charge in [-0.05, 0) is 31.2 Å². The number of hydrogen-bond donors (Lipinski definition) is 1. The number of carbonyl (C=O) groups is 1. The van der Waals surface area contributed by atoms with Gasteiger partial charge in [-0.3, -0.25) is 0 Å². The van der Waals surface area contributed by atoms with Crippen LogP contribution in [0.3, 0.4) is 0 Å². The fraction of sp³-hybridized carbons (Fsp3) is 0.105. The summed E-state index contributed by atoms with van der Waals surface area (Å²) in [6.07, 6.45) is 1.40. The lowest BCUT2D eigenvalue weighted by Crippen LogP contribution is -2.27. The summed E-state index contributed by atoms with van der Waals surface area (Å²) in [5.41, 5.74) is 1.61. The molecule has 0 aliphatic rings. The molecule has 29 heavy (non-hydrogen) atoms. The number of nitrogens with zero attached hydrogens (tertiary/aromatic N) is 3. The number of halogens is 4. The fourth-order valence-electron chi connectivity index (χ4n) is 2.43. The maximum absolute atomic E-state index is 12.6. The van der Waals surface area contributed by atoms with E-state index in [2.05, 4.69) is 15.6 Å². The van der Waals surface area contributed by atoms with E-state index in [0.29, 0.717) is 48.4 Å². The number of hydrogen-bond acceptors (Lipinski definition) is 4. The molecular weight excluding hydrogens is 458 g/mol. The monoisotopic (exact) mass is 470 g/mol. The van der Waals surface area contributed by atoms with Crippen LogP contribution in [0.4, 0.5) is 10.5 Å². The number of nitrogens with one attached hydrogen (secondary N) is 1. The Morgan fingerprint density at radius 1 is 1.07 bits per heavy atom. The number of urea groups is 1. The molecule has 150 valence electrons. The molecule has 0 bridgehead atoms. The molecule has 2 aromatic carbocycles. The number of amides is 2. The van der Waals surface area contributed by atoms with Gasteiger partial charge in [0.15, 0.2) is 5.76 Å². The van der Waals surface area contributed by atoms with Crippen molar-refractivity contribution in [3.05, 3.63) is 67.8 Å². The Morgan fingerprint density at radius 3 is 2.21 bits per heavy atom. The third-order valence-corrected chi connectivity index (χ3v) is 5.24. The second kappa shape index (κ2) is 9.05. The zero-order chi connectivity index (χ0) is 21.1. The number of rotatable bonds is 4. The molecule has 3 aromatic rings. The fourth-order valence-corrected chi connectivity index (χ4v) is 3.50. The van der Waals surface area contributed by atoms with Crippen LogP contribution in [-0.4, -0.2) is 29.5 Å². The number of benzene rings is 2. The van der Waals surface area contributed by atoms with Gasteiger partial charge in [0.2, 0.25) is 0 Å². The molecule has 0 aliphatic carbocycles. The van der Waals surface area contributed by atoms with Crippen molar-refractivity contribution in [1.29, 1.82) is 0 Å². The minimum Gasteiger partial charge on any atom is -0.359 e. The summed E-state index contributed by atoms with van der Waals surface area (Å²) >= 11 is 24.7. The van der Waals surface area contributed by atoms with Crippen LogP contribution in [0.5, 0.6) is 0 Å². The van der Waals surface area contributed by atoms with E-state index in [4.69, 9.17) is 50.9 Å². The standard InChI is InChI=1S/C19H14Cl4N4O2/c1-10-17(18(26-29-10)16-14(22)7-4-8-15(16)23)25-19(28)27(2)24-9-11-12(20)5-3-6-13(11)21/h3-9H,1-2H3,(H,25,28)/b24-9-. The number of anilines is 1. The van der Waals surface area contributed by atoms with E-state index >= 15 is 0 Å². The Labute approximate surface area is 187 Å². The first-order valence-electron chi connectivity index (χ1n) is 8.23. The molecule has 6 nitrogen and oxygen atoms in total. The van der Waals surface area contributed by atoms with Crippen LogP contribution in [0.15, 0.2) is 46.0 Å². The van der Waals surface area contributed by atoms with Crippen LogP contribution in [0, 0.1) is 6.92 Å². The average molecular weight is 472 g/mol. The van der Waals surface area contributed by atoms with Crippen molar-refractivity contribution < 1.29 is 9.32 Å². The van der Waals surface area contributed by atoms with Gasteiger partial charge in [0.25, 0.3) is 0 Å². The smallest absolute Gasteiger partial charge is 0.342 e. The highest BCUT2D eigenvalue weighted by Gasteiger charge is 2.22. The predicted octanol–water partition coefficient (Wildman–Crippen LogP) is 6.76. The maximum Gasteiger partial charge on any atom is 0.342 e. The highest BCUT2D eigenvalue weighted by molar-refractivity contribution is 6.39. The molecule has 0 atom stereocenters. The summed E-state index contributed by atoms with van der Waals surface area (Å²) in [6, 6.07) is 9.57. The molecule has 3 rings (SSSR count). The van der Waals surface area contributed by atoms with Gasteiger partial charge in [-0.1, -0.05) is 63.7 Å². The van der Waals surface area contributed by atoms with Crippen molar-refractivity contribution in [3.8, 4) is 11.3 Å². The van der Waals surface area contributed by atoms with E-state index < -0.39 is 6.03 Å². The minimum absolute atomic E-state index is 0.318. The molecule has 0 fully saturated rings. The van der Waals surface area contributed by atoms with E-state index in [1.165, 1.54) is 13.3 Å². The average Bonchev–Trinajstić information content (AvgIpc) is 3.01. The van der Waals surface area contributed by atoms with Crippen LogP contribution < -0.4 is 5.32 Å². The van der Waals surface area contributed by atoms with E-state index in [9.17, 15) is 4.79 Å². The third-order valence-electron chi connectivity index (χ3n) is 3.95. The van der Waals surface area contributed by atoms with Gasteiger partial charge >= 0.3 is 6.03 Å². The van der Waals surface area contributed by atoms with E-state index in [1.54, 1.807) is 43.3 Å². The van der Waals surface area contributed by atoms with Crippen molar-refractivity contribution in [3.63, 3.8) is 0 Å². The normalized spacial score (nSPS) is 11.1. The van der Waals surface area contributed by atoms with Crippen molar-refractivity contribution >= 4 is 64.3 Å². The van der Waals surface area contributed by atoms with Crippen LogP contribution in [-0.2, 0) is 0 Å². The molecule has 1 N–H and O–H groups in total. The first-order chi connectivity index (χ1) is 13.8. The van der Waals surface area contributed by atoms with Crippen LogP contribution in [0.1, 0.15) is 11.3 Å². The lowest BCUT2D eigenvalue weighted by Gasteiger charge is -2.13. The lowest BCUT2D eigenvalue weighted by molar-refractivity contribution is 0.224. The zero-order valence-electron chi connectivity index (χ0n) is 15.2. The van der Waals surface area contributed by atoms with Crippen molar-refractivity contribution in [1.82, 2.24) is 10.2 Å². The predicted molar refractivity (Wildman–Crippen MR) is 118 cm³/mol. The van der Waals surface area contributed by atoms with Gasteiger partial charge in [-0.2, -0.15) is 5.10 Å². The van der Waals surface area contributed by atoms with Crippen LogP contribution >= 0.6 is 46.4 Å². The lowest BCUT2D eigenvalue weighted by atomic mass is 10.1. The van der Waals surface area contributed by atoms with Crippen LogP contribution in [0.2, 0.25) is 20.1 Å². The number of carbonyl (C=O) groups excluding carboxylic acids is 1. The molecule has 0 saturated carbocycles. The second-order valence-corrected chi connectivity index (χ2v) is 7.52. The Morgan fingerprint density at radius 2 is 1.62 bits per heavy atom. The molecule has 1 aromatic heterocycles. The van der Waals surface area contributed by atoms with Crippen molar-refractivity contribution in [2.24, 2.45) is 5.10 Å². The summed E-state index contributed by atoms with van der Waals surface area (Å²) in [5, 5.41) is 13.5. The van der Waals surface area contributed by atoms with Gasteiger partial charge in [0.05, 0.1) is 26.3 Å². The second-order valence-electron chi connectivity index (χ2n) is 5.89.